The summed E-state index contributed by atoms with van der Waals surface area (Å²) in [5.41, 5.74) is 2.14. The molecule has 4 aromatic rings. The van der Waals surface area contributed by atoms with Crippen LogP contribution in [-0.2, 0) is 13.2 Å². The average Bonchev–Trinajstić information content (AvgIpc) is 2.98. The van der Waals surface area contributed by atoms with Crippen molar-refractivity contribution >= 4 is 22.5 Å². The van der Waals surface area contributed by atoms with E-state index in [0.717, 1.165) is 36.1 Å². The van der Waals surface area contributed by atoms with Gasteiger partial charge in [0.15, 0.2) is 11.6 Å². The molecule has 0 bridgehead atoms. The zero-order valence-electron chi connectivity index (χ0n) is 21.9. The quantitative estimate of drug-likeness (QED) is 0.259. The van der Waals surface area contributed by atoms with E-state index in [-0.39, 0.29) is 18.4 Å². The Kier molecular flexibility index (Phi) is 8.86. The molecular formula is C31H33FN4O3. The van der Waals surface area contributed by atoms with Crippen LogP contribution in [0.1, 0.15) is 30.5 Å². The standard InChI is InChI=1S/C31H33FN4O3/c32-27-20-23(11-13-30(27)38-19-18-36-16-6-1-7-17-36)22-39-29-14-12-28(25-9-2-3-10-26(25)29)35-31(37)34-21-24-8-4-5-15-33-24/h2-5,8-15,20H,1,6-7,16-19,21-22H2,(H2,34,35,37). The number of hydrogen-bond acceptors (Lipinski definition) is 5. The lowest BCUT2D eigenvalue weighted by atomic mass is 10.1. The van der Waals surface area contributed by atoms with Gasteiger partial charge in [0.25, 0.3) is 0 Å². The minimum Gasteiger partial charge on any atom is -0.489 e. The molecule has 3 aromatic carbocycles. The molecule has 0 spiro atoms. The molecule has 8 heteroatoms. The van der Waals surface area contributed by atoms with E-state index in [1.807, 2.05) is 54.6 Å². The zero-order valence-corrected chi connectivity index (χ0v) is 21.9. The first-order valence-electron chi connectivity index (χ1n) is 13.4. The molecule has 0 radical (unpaired) electrons. The van der Waals surface area contributed by atoms with E-state index in [4.69, 9.17) is 9.47 Å². The fourth-order valence-electron chi connectivity index (χ4n) is 4.73. The number of urea groups is 1. The number of halogens is 1. The lowest BCUT2D eigenvalue weighted by molar-refractivity contribution is 0.180. The van der Waals surface area contributed by atoms with Gasteiger partial charge in [-0.1, -0.05) is 42.8 Å². The summed E-state index contributed by atoms with van der Waals surface area (Å²) in [5.74, 6) is 0.515. The predicted octanol–water partition coefficient (Wildman–Crippen LogP) is 6.14. The van der Waals surface area contributed by atoms with E-state index in [2.05, 4.69) is 20.5 Å². The Bertz CT molecular complexity index is 1390. The number of carbonyl (C=O) groups excluding carboxylic acids is 1. The Balaban J connectivity index is 1.18. The highest BCUT2D eigenvalue weighted by Gasteiger charge is 2.13. The van der Waals surface area contributed by atoms with Crippen molar-refractivity contribution in [2.75, 3.05) is 31.6 Å². The number of aromatic nitrogens is 1. The lowest BCUT2D eigenvalue weighted by Crippen LogP contribution is -2.33. The maximum absolute atomic E-state index is 14.7. The number of hydrogen-bond donors (Lipinski definition) is 2. The molecule has 1 aliphatic rings. The second kappa shape index (κ2) is 13.1. The number of anilines is 1. The molecule has 2 N–H and O–H groups in total. The molecule has 2 heterocycles. The van der Waals surface area contributed by atoms with Crippen LogP contribution in [0.25, 0.3) is 10.8 Å². The van der Waals surface area contributed by atoms with E-state index in [9.17, 15) is 9.18 Å². The molecule has 7 nitrogen and oxygen atoms in total. The molecule has 202 valence electrons. The largest absolute Gasteiger partial charge is 0.489 e. The van der Waals surface area contributed by atoms with E-state index in [0.29, 0.717) is 30.2 Å². The van der Waals surface area contributed by atoms with Crippen LogP contribution in [0, 0.1) is 5.82 Å². The highest BCUT2D eigenvalue weighted by atomic mass is 19.1. The van der Waals surface area contributed by atoms with Gasteiger partial charge in [0, 0.05) is 23.5 Å². The number of fused-ring (bicyclic) bond motifs is 1. The fraction of sp³-hybridized carbons (Fsp3) is 0.290. The van der Waals surface area contributed by atoms with E-state index >= 15 is 0 Å². The monoisotopic (exact) mass is 528 g/mol. The van der Waals surface area contributed by atoms with Crippen molar-refractivity contribution in [2.45, 2.75) is 32.4 Å². The van der Waals surface area contributed by atoms with Crippen LogP contribution >= 0.6 is 0 Å². The van der Waals surface area contributed by atoms with E-state index in [1.54, 1.807) is 18.3 Å². The maximum Gasteiger partial charge on any atom is 0.319 e. The Morgan fingerprint density at radius 2 is 1.69 bits per heavy atom. The summed E-state index contributed by atoms with van der Waals surface area (Å²) >= 11 is 0. The van der Waals surface area contributed by atoms with Crippen molar-refractivity contribution in [1.82, 2.24) is 15.2 Å². The third-order valence-corrected chi connectivity index (χ3v) is 6.79. The van der Waals surface area contributed by atoms with Gasteiger partial charge < -0.3 is 20.1 Å². The van der Waals surface area contributed by atoms with Crippen molar-refractivity contribution in [3.8, 4) is 11.5 Å². The Morgan fingerprint density at radius 1 is 0.897 bits per heavy atom. The minimum absolute atomic E-state index is 0.201. The number of carbonyl (C=O) groups is 1. The van der Waals surface area contributed by atoms with Crippen LogP contribution in [0.15, 0.2) is 79.0 Å². The molecule has 1 aliphatic heterocycles. The third kappa shape index (κ3) is 7.23. The number of likely N-dealkylation sites (tertiary alicyclic amines) is 1. The molecule has 0 atom stereocenters. The summed E-state index contributed by atoms with van der Waals surface area (Å²) in [6.07, 6.45) is 5.42. The second-order valence-corrected chi connectivity index (χ2v) is 9.59. The third-order valence-electron chi connectivity index (χ3n) is 6.79. The Hall–Kier alpha value is -4.17. The second-order valence-electron chi connectivity index (χ2n) is 9.59. The van der Waals surface area contributed by atoms with E-state index in [1.165, 1.54) is 25.3 Å². The van der Waals surface area contributed by atoms with Crippen molar-refractivity contribution < 1.29 is 18.7 Å². The molecule has 0 aliphatic carbocycles. The molecule has 5 rings (SSSR count). The van der Waals surface area contributed by atoms with Gasteiger partial charge in [0.2, 0.25) is 0 Å². The minimum atomic E-state index is -0.393. The number of pyridine rings is 1. The highest BCUT2D eigenvalue weighted by molar-refractivity contribution is 6.03. The van der Waals surface area contributed by atoms with Gasteiger partial charge in [-0.3, -0.25) is 9.88 Å². The number of ether oxygens (including phenoxy) is 2. The van der Waals surface area contributed by atoms with Crippen LogP contribution < -0.4 is 20.1 Å². The first-order chi connectivity index (χ1) is 19.2. The molecule has 0 saturated carbocycles. The van der Waals surface area contributed by atoms with Crippen LogP contribution in [-0.4, -0.2) is 42.2 Å². The molecule has 0 unspecified atom stereocenters. The van der Waals surface area contributed by atoms with Crippen LogP contribution in [0.2, 0.25) is 0 Å². The van der Waals surface area contributed by atoms with Crippen LogP contribution in [0.3, 0.4) is 0 Å². The van der Waals surface area contributed by atoms with Gasteiger partial charge in [-0.05, 0) is 67.9 Å². The first-order valence-corrected chi connectivity index (χ1v) is 13.4. The average molecular weight is 529 g/mol. The molecule has 1 aromatic heterocycles. The van der Waals surface area contributed by atoms with Crippen molar-refractivity contribution in [3.05, 3.63) is 96.1 Å². The summed E-state index contributed by atoms with van der Waals surface area (Å²) < 4.78 is 26.5. The lowest BCUT2D eigenvalue weighted by Gasteiger charge is -2.26. The number of benzene rings is 3. The number of nitrogens with zero attached hydrogens (tertiary/aromatic N) is 2. The number of rotatable bonds is 10. The van der Waals surface area contributed by atoms with Gasteiger partial charge in [-0.15, -0.1) is 0 Å². The van der Waals surface area contributed by atoms with Crippen LogP contribution in [0.5, 0.6) is 11.5 Å². The topological polar surface area (TPSA) is 75.7 Å². The summed E-state index contributed by atoms with van der Waals surface area (Å²) in [4.78, 5) is 19.1. The van der Waals surface area contributed by atoms with Crippen molar-refractivity contribution in [2.24, 2.45) is 0 Å². The van der Waals surface area contributed by atoms with Crippen molar-refractivity contribution in [3.63, 3.8) is 0 Å². The molecule has 1 saturated heterocycles. The normalized spacial score (nSPS) is 13.7. The van der Waals surface area contributed by atoms with Gasteiger partial charge in [-0.2, -0.15) is 0 Å². The Morgan fingerprint density at radius 3 is 2.49 bits per heavy atom. The zero-order chi connectivity index (χ0) is 26.9. The summed E-state index contributed by atoms with van der Waals surface area (Å²) in [6.45, 7) is 3.99. The van der Waals surface area contributed by atoms with Gasteiger partial charge in [0.1, 0.15) is 19.0 Å². The fourth-order valence-corrected chi connectivity index (χ4v) is 4.73. The van der Waals surface area contributed by atoms with Gasteiger partial charge in [-0.25, -0.2) is 9.18 Å². The predicted molar refractivity (Wildman–Crippen MR) is 151 cm³/mol. The number of nitrogens with one attached hydrogen (secondary N) is 2. The maximum atomic E-state index is 14.7. The molecular weight excluding hydrogens is 495 g/mol. The SMILES string of the molecule is O=C(NCc1ccccn1)Nc1ccc(OCc2ccc(OCCN3CCCCC3)c(F)c2)c2ccccc12. The van der Waals surface area contributed by atoms with Gasteiger partial charge >= 0.3 is 6.03 Å². The number of amides is 2. The molecule has 1 fully saturated rings. The molecule has 2 amide bonds. The smallest absolute Gasteiger partial charge is 0.319 e. The van der Waals surface area contributed by atoms with Gasteiger partial charge in [0.05, 0.1) is 17.9 Å². The summed E-state index contributed by atoms with van der Waals surface area (Å²) in [6, 6.07) is 21.5. The Labute approximate surface area is 228 Å². The summed E-state index contributed by atoms with van der Waals surface area (Å²) in [5, 5.41) is 7.41. The summed E-state index contributed by atoms with van der Waals surface area (Å²) in [7, 11) is 0. The van der Waals surface area contributed by atoms with Crippen molar-refractivity contribution in [1.29, 1.82) is 0 Å². The van der Waals surface area contributed by atoms with E-state index < -0.39 is 5.82 Å². The highest BCUT2D eigenvalue weighted by Crippen LogP contribution is 2.32. The van der Waals surface area contributed by atoms with Crippen LogP contribution in [0.4, 0.5) is 14.9 Å². The first kappa shape index (κ1) is 26.4. The molecule has 39 heavy (non-hydrogen) atoms. The number of piperidine rings is 1.